The smallest absolute Gasteiger partial charge is 0.335 e. The number of fused-ring (bicyclic) bond motifs is 1. The molecule has 84 valence electrons. The Morgan fingerprint density at radius 2 is 2.19 bits per heavy atom. The molecule has 0 saturated heterocycles. The monoisotopic (exact) mass is 236 g/mol. The molecule has 0 unspecified atom stereocenters. The van der Waals surface area contributed by atoms with Crippen molar-refractivity contribution in [2.75, 3.05) is 0 Å². The lowest BCUT2D eigenvalue weighted by Crippen LogP contribution is -2.06. The van der Waals surface area contributed by atoms with Gasteiger partial charge in [0.2, 0.25) is 0 Å². The van der Waals surface area contributed by atoms with E-state index in [0.29, 0.717) is 5.75 Å². The molecule has 0 spiro atoms. The molecule has 2 rings (SSSR count). The average molecular weight is 236 g/mol. The van der Waals surface area contributed by atoms with E-state index in [1.54, 1.807) is 12.1 Å². The van der Waals surface area contributed by atoms with Gasteiger partial charge in [0.05, 0.1) is 11.7 Å². The van der Waals surface area contributed by atoms with Crippen molar-refractivity contribution in [1.82, 2.24) is 0 Å². The second kappa shape index (κ2) is 4.14. The van der Waals surface area contributed by atoms with Crippen LogP contribution in [0, 0.1) is 0 Å². The molecule has 2 aromatic rings. The summed E-state index contributed by atoms with van der Waals surface area (Å²) in [6, 6.07) is 5.20. The first-order chi connectivity index (χ1) is 7.58. The molecule has 4 heteroatoms. The number of carbonyl (C=O) groups is 1. The first-order valence-corrected chi connectivity index (χ1v) is 5.87. The number of rotatable bonds is 3. The molecular formula is C12H12O3S. The lowest BCUT2D eigenvalue weighted by Gasteiger charge is -2.11. The van der Waals surface area contributed by atoms with Gasteiger partial charge >= 0.3 is 5.97 Å². The Hall–Kier alpha value is -1.55. The quantitative estimate of drug-likeness (QED) is 0.888. The van der Waals surface area contributed by atoms with Gasteiger partial charge < -0.3 is 9.84 Å². The first-order valence-electron chi connectivity index (χ1n) is 4.99. The molecule has 0 atom stereocenters. The van der Waals surface area contributed by atoms with Crippen molar-refractivity contribution in [3.8, 4) is 5.75 Å². The summed E-state index contributed by atoms with van der Waals surface area (Å²) in [5, 5.41) is 11.9. The maximum atomic E-state index is 11.0. The van der Waals surface area contributed by atoms with Gasteiger partial charge in [0.15, 0.2) is 0 Å². The van der Waals surface area contributed by atoms with Crippen LogP contribution < -0.4 is 4.74 Å². The Morgan fingerprint density at radius 3 is 2.81 bits per heavy atom. The van der Waals surface area contributed by atoms with E-state index < -0.39 is 5.97 Å². The van der Waals surface area contributed by atoms with Crippen LogP contribution in [-0.2, 0) is 0 Å². The molecule has 16 heavy (non-hydrogen) atoms. The number of carboxylic acids is 1. The molecule has 1 aromatic carbocycles. The molecule has 0 fully saturated rings. The summed E-state index contributed by atoms with van der Waals surface area (Å²) in [5.74, 6) is -0.282. The maximum absolute atomic E-state index is 11.0. The van der Waals surface area contributed by atoms with Crippen molar-refractivity contribution >= 4 is 27.4 Å². The number of benzene rings is 1. The molecule has 1 heterocycles. The minimum absolute atomic E-state index is 0.0344. The fourth-order valence-electron chi connectivity index (χ4n) is 1.51. The van der Waals surface area contributed by atoms with Crippen LogP contribution in [0.2, 0.25) is 0 Å². The van der Waals surface area contributed by atoms with Gasteiger partial charge in [-0.25, -0.2) is 4.79 Å². The van der Waals surface area contributed by atoms with Gasteiger partial charge in [-0.05, 0) is 37.4 Å². The molecule has 0 saturated carbocycles. The highest BCUT2D eigenvalue weighted by Gasteiger charge is 2.11. The van der Waals surface area contributed by atoms with Crippen molar-refractivity contribution in [1.29, 1.82) is 0 Å². The molecule has 1 aromatic heterocycles. The predicted molar refractivity (Wildman–Crippen MR) is 64.5 cm³/mol. The highest BCUT2D eigenvalue weighted by Crippen LogP contribution is 2.32. The zero-order valence-electron chi connectivity index (χ0n) is 9.06. The van der Waals surface area contributed by atoms with Crippen LogP contribution in [0.25, 0.3) is 10.1 Å². The van der Waals surface area contributed by atoms with Crippen molar-refractivity contribution in [2.24, 2.45) is 0 Å². The Bertz CT molecular complexity index is 528. The lowest BCUT2D eigenvalue weighted by atomic mass is 10.1. The van der Waals surface area contributed by atoms with Gasteiger partial charge in [-0.2, -0.15) is 0 Å². The summed E-state index contributed by atoms with van der Waals surface area (Å²) in [4.78, 5) is 11.0. The zero-order valence-corrected chi connectivity index (χ0v) is 9.88. The summed E-state index contributed by atoms with van der Waals surface area (Å²) in [7, 11) is 0. The van der Waals surface area contributed by atoms with Gasteiger partial charge in [-0.15, -0.1) is 11.3 Å². The van der Waals surface area contributed by atoms with E-state index in [4.69, 9.17) is 9.84 Å². The molecular weight excluding hydrogens is 224 g/mol. The van der Waals surface area contributed by atoms with Crippen LogP contribution in [0.1, 0.15) is 24.2 Å². The van der Waals surface area contributed by atoms with Gasteiger partial charge in [0.1, 0.15) is 5.75 Å². The lowest BCUT2D eigenvalue weighted by molar-refractivity contribution is 0.0696. The van der Waals surface area contributed by atoms with Crippen molar-refractivity contribution < 1.29 is 14.6 Å². The molecule has 0 aliphatic rings. The summed E-state index contributed by atoms with van der Waals surface area (Å²) >= 11 is 1.52. The Balaban J connectivity index is 2.59. The summed E-state index contributed by atoms with van der Waals surface area (Å²) in [6.45, 7) is 3.84. The van der Waals surface area contributed by atoms with Crippen LogP contribution >= 0.6 is 11.3 Å². The number of thiophene rings is 1. The predicted octanol–water partition coefficient (Wildman–Crippen LogP) is 3.39. The number of hydrogen-bond acceptors (Lipinski definition) is 3. The average Bonchev–Trinajstić information content (AvgIpc) is 2.64. The Morgan fingerprint density at radius 1 is 1.44 bits per heavy atom. The van der Waals surface area contributed by atoms with E-state index in [0.717, 1.165) is 10.1 Å². The van der Waals surface area contributed by atoms with Crippen LogP contribution in [0.15, 0.2) is 23.6 Å². The highest BCUT2D eigenvalue weighted by molar-refractivity contribution is 7.17. The third kappa shape index (κ3) is 2.02. The van der Waals surface area contributed by atoms with Gasteiger partial charge in [-0.3, -0.25) is 0 Å². The van der Waals surface area contributed by atoms with E-state index in [2.05, 4.69) is 0 Å². The number of carboxylic acid groups (broad SMARTS) is 1. The van der Waals surface area contributed by atoms with E-state index in [-0.39, 0.29) is 11.7 Å². The van der Waals surface area contributed by atoms with Crippen LogP contribution in [0.3, 0.4) is 0 Å². The molecule has 3 nitrogen and oxygen atoms in total. The van der Waals surface area contributed by atoms with Crippen molar-refractivity contribution in [2.45, 2.75) is 20.0 Å². The van der Waals surface area contributed by atoms with E-state index in [9.17, 15) is 4.79 Å². The standard InChI is InChI=1S/C12H12O3S/c1-7(2)15-10-5-8(12(13)14)6-11-9(10)3-4-16-11/h3-7H,1-2H3,(H,13,14). The molecule has 0 bridgehead atoms. The summed E-state index contributed by atoms with van der Waals surface area (Å²) < 4.78 is 6.56. The third-order valence-corrected chi connectivity index (χ3v) is 3.01. The Kier molecular flexibility index (Phi) is 2.83. The van der Waals surface area contributed by atoms with Gasteiger partial charge in [-0.1, -0.05) is 0 Å². The van der Waals surface area contributed by atoms with Gasteiger partial charge in [0.25, 0.3) is 0 Å². The molecule has 0 radical (unpaired) electrons. The second-order valence-corrected chi connectivity index (χ2v) is 4.73. The molecule has 0 aliphatic heterocycles. The normalized spacial score (nSPS) is 10.9. The molecule has 0 aliphatic carbocycles. The summed E-state index contributed by atoms with van der Waals surface area (Å²) in [5.41, 5.74) is 0.269. The third-order valence-electron chi connectivity index (χ3n) is 2.14. The zero-order chi connectivity index (χ0) is 11.7. The topological polar surface area (TPSA) is 46.5 Å². The highest BCUT2D eigenvalue weighted by atomic mass is 32.1. The maximum Gasteiger partial charge on any atom is 0.335 e. The molecule has 0 amide bonds. The van der Waals surface area contributed by atoms with Crippen LogP contribution in [0.4, 0.5) is 0 Å². The van der Waals surface area contributed by atoms with E-state index >= 15 is 0 Å². The minimum Gasteiger partial charge on any atom is -0.490 e. The van der Waals surface area contributed by atoms with Crippen LogP contribution in [0.5, 0.6) is 5.75 Å². The van der Waals surface area contributed by atoms with E-state index in [1.165, 1.54) is 11.3 Å². The largest absolute Gasteiger partial charge is 0.490 e. The van der Waals surface area contributed by atoms with Crippen molar-refractivity contribution in [3.05, 3.63) is 29.1 Å². The second-order valence-electron chi connectivity index (χ2n) is 3.78. The Labute approximate surface area is 97.3 Å². The van der Waals surface area contributed by atoms with Gasteiger partial charge in [0, 0.05) is 10.1 Å². The van der Waals surface area contributed by atoms with E-state index in [1.807, 2.05) is 25.3 Å². The SMILES string of the molecule is CC(C)Oc1cc(C(=O)O)cc2sccc12. The first kappa shape index (κ1) is 11.0. The fraction of sp³-hybridized carbons (Fsp3) is 0.250. The minimum atomic E-state index is -0.927. The summed E-state index contributed by atoms with van der Waals surface area (Å²) in [6.07, 6.45) is 0.0344. The van der Waals surface area contributed by atoms with Crippen molar-refractivity contribution in [3.63, 3.8) is 0 Å². The molecule has 1 N–H and O–H groups in total. The number of aromatic carboxylic acids is 1. The number of ether oxygens (including phenoxy) is 1. The fourth-order valence-corrected chi connectivity index (χ4v) is 2.35. The number of hydrogen-bond donors (Lipinski definition) is 1. The van der Waals surface area contributed by atoms with Crippen LogP contribution in [-0.4, -0.2) is 17.2 Å².